The van der Waals surface area contributed by atoms with Gasteiger partial charge >= 0.3 is 5.97 Å². The largest absolute Gasteiger partial charge is 0.508 e. The molecular formula is C18H25NO6. The van der Waals surface area contributed by atoms with E-state index in [1.165, 1.54) is 17.0 Å². The molecule has 1 heterocycles. The molecule has 2 atom stereocenters. The molecule has 1 amide bonds. The van der Waals surface area contributed by atoms with Crippen LogP contribution in [-0.2, 0) is 20.7 Å². The van der Waals surface area contributed by atoms with Crippen LogP contribution >= 0.6 is 0 Å². The average Bonchev–Trinajstić information content (AvgIpc) is 3.06. The van der Waals surface area contributed by atoms with Gasteiger partial charge in [0.2, 0.25) is 5.91 Å². The number of aliphatic hydroxyl groups excluding tert-OH is 1. The van der Waals surface area contributed by atoms with E-state index in [0.717, 1.165) is 6.42 Å². The van der Waals surface area contributed by atoms with Gasteiger partial charge in [-0.05, 0) is 43.7 Å². The third kappa shape index (κ3) is 4.85. The standard InChI is InChI=1S/C18H25NO6/c1-2-25-18(24)15-4-3-7-19(15)17(23)9-12(11-20)8-13-5-6-14(21)10-16(13)22/h5-6,10,12,15,20-22H,2-4,7-9,11H2,1H3. The van der Waals surface area contributed by atoms with Gasteiger partial charge in [0.1, 0.15) is 17.5 Å². The van der Waals surface area contributed by atoms with Crippen molar-refractivity contribution >= 4 is 11.9 Å². The molecule has 1 aromatic carbocycles. The van der Waals surface area contributed by atoms with Crippen molar-refractivity contribution in [2.75, 3.05) is 19.8 Å². The highest BCUT2D eigenvalue weighted by Crippen LogP contribution is 2.27. The highest BCUT2D eigenvalue weighted by atomic mass is 16.5. The number of aliphatic hydroxyl groups is 1. The second-order valence-corrected chi connectivity index (χ2v) is 6.27. The smallest absolute Gasteiger partial charge is 0.328 e. The predicted octanol–water partition coefficient (Wildman–Crippen LogP) is 1.19. The van der Waals surface area contributed by atoms with Gasteiger partial charge in [-0.25, -0.2) is 4.79 Å². The molecule has 138 valence electrons. The van der Waals surface area contributed by atoms with E-state index < -0.39 is 6.04 Å². The van der Waals surface area contributed by atoms with Crippen LogP contribution in [-0.4, -0.2) is 57.9 Å². The van der Waals surface area contributed by atoms with E-state index in [-0.39, 0.29) is 48.9 Å². The maximum absolute atomic E-state index is 12.6. The van der Waals surface area contributed by atoms with Crippen LogP contribution in [0.25, 0.3) is 0 Å². The number of carbonyl (C=O) groups excluding carboxylic acids is 2. The highest BCUT2D eigenvalue weighted by Gasteiger charge is 2.35. The number of nitrogens with zero attached hydrogens (tertiary/aromatic N) is 1. The van der Waals surface area contributed by atoms with E-state index in [1.54, 1.807) is 13.0 Å². The molecule has 1 aromatic rings. The van der Waals surface area contributed by atoms with Crippen molar-refractivity contribution in [2.24, 2.45) is 5.92 Å². The van der Waals surface area contributed by atoms with Crippen LogP contribution in [0.5, 0.6) is 11.5 Å². The van der Waals surface area contributed by atoms with Crippen LogP contribution in [0.2, 0.25) is 0 Å². The van der Waals surface area contributed by atoms with Crippen molar-refractivity contribution in [3.05, 3.63) is 23.8 Å². The zero-order valence-electron chi connectivity index (χ0n) is 14.4. The van der Waals surface area contributed by atoms with Crippen LogP contribution in [0.1, 0.15) is 31.7 Å². The molecule has 0 radical (unpaired) electrons. The topological polar surface area (TPSA) is 107 Å². The maximum atomic E-state index is 12.6. The van der Waals surface area contributed by atoms with Crippen LogP contribution in [0.4, 0.5) is 0 Å². The molecule has 0 bridgehead atoms. The number of esters is 1. The Labute approximate surface area is 146 Å². The molecule has 3 N–H and O–H groups in total. The first-order chi connectivity index (χ1) is 12.0. The minimum atomic E-state index is -0.547. The number of carbonyl (C=O) groups is 2. The lowest BCUT2D eigenvalue weighted by atomic mass is 9.95. The molecule has 2 rings (SSSR count). The Bertz CT molecular complexity index is 618. The quantitative estimate of drug-likeness (QED) is 0.637. The summed E-state index contributed by atoms with van der Waals surface area (Å²) < 4.78 is 5.02. The fraction of sp³-hybridized carbons (Fsp3) is 0.556. The average molecular weight is 351 g/mol. The summed E-state index contributed by atoms with van der Waals surface area (Å²) >= 11 is 0. The predicted molar refractivity (Wildman–Crippen MR) is 90.0 cm³/mol. The molecule has 1 saturated heterocycles. The van der Waals surface area contributed by atoms with Crippen molar-refractivity contribution in [3.8, 4) is 11.5 Å². The first-order valence-electron chi connectivity index (χ1n) is 8.54. The van der Waals surface area contributed by atoms with Gasteiger partial charge in [-0.2, -0.15) is 0 Å². The SMILES string of the molecule is CCOC(=O)C1CCCN1C(=O)CC(CO)Cc1ccc(O)cc1O. The second-order valence-electron chi connectivity index (χ2n) is 6.27. The van der Waals surface area contributed by atoms with Crippen LogP contribution in [0.15, 0.2) is 18.2 Å². The third-order valence-corrected chi connectivity index (χ3v) is 4.43. The van der Waals surface area contributed by atoms with Crippen molar-refractivity contribution < 1.29 is 29.6 Å². The number of benzene rings is 1. The Balaban J connectivity index is 2.00. The Hall–Kier alpha value is -2.28. The van der Waals surface area contributed by atoms with Gasteiger partial charge in [0.05, 0.1) is 6.61 Å². The van der Waals surface area contributed by atoms with E-state index in [4.69, 9.17) is 4.74 Å². The molecule has 1 fully saturated rings. The minimum absolute atomic E-state index is 0.0489. The first kappa shape index (κ1) is 19.1. The van der Waals surface area contributed by atoms with Crippen molar-refractivity contribution in [3.63, 3.8) is 0 Å². The number of rotatable bonds is 7. The molecule has 0 aromatic heterocycles. The fourth-order valence-electron chi connectivity index (χ4n) is 3.15. The molecular weight excluding hydrogens is 326 g/mol. The number of phenols is 2. The fourth-order valence-corrected chi connectivity index (χ4v) is 3.15. The van der Waals surface area contributed by atoms with Crippen LogP contribution < -0.4 is 0 Å². The summed E-state index contributed by atoms with van der Waals surface area (Å²) in [6.45, 7) is 2.29. The first-order valence-corrected chi connectivity index (χ1v) is 8.54. The maximum Gasteiger partial charge on any atom is 0.328 e. The zero-order chi connectivity index (χ0) is 18.4. The van der Waals surface area contributed by atoms with Gasteiger partial charge in [-0.1, -0.05) is 6.07 Å². The summed E-state index contributed by atoms with van der Waals surface area (Å²) in [5.41, 5.74) is 0.549. The number of amides is 1. The van der Waals surface area contributed by atoms with Gasteiger partial charge in [0.25, 0.3) is 0 Å². The highest BCUT2D eigenvalue weighted by molar-refractivity contribution is 5.85. The van der Waals surface area contributed by atoms with E-state index >= 15 is 0 Å². The lowest BCUT2D eigenvalue weighted by Crippen LogP contribution is -2.42. The molecule has 0 saturated carbocycles. The third-order valence-electron chi connectivity index (χ3n) is 4.43. The second kappa shape index (κ2) is 8.71. The lowest BCUT2D eigenvalue weighted by molar-refractivity contribution is -0.153. The van der Waals surface area contributed by atoms with Gasteiger partial charge in [0, 0.05) is 25.6 Å². The van der Waals surface area contributed by atoms with Gasteiger partial charge in [-0.3, -0.25) is 4.79 Å². The van der Waals surface area contributed by atoms with Crippen LogP contribution in [0, 0.1) is 5.92 Å². The Morgan fingerprint density at radius 1 is 1.36 bits per heavy atom. The molecule has 0 spiro atoms. The lowest BCUT2D eigenvalue weighted by Gasteiger charge is -2.25. The molecule has 25 heavy (non-hydrogen) atoms. The van der Waals surface area contributed by atoms with E-state index in [9.17, 15) is 24.9 Å². The zero-order valence-corrected chi connectivity index (χ0v) is 14.4. The number of hydrogen-bond donors (Lipinski definition) is 3. The van der Waals surface area contributed by atoms with Crippen molar-refractivity contribution in [2.45, 2.75) is 38.6 Å². The number of aromatic hydroxyl groups is 2. The number of likely N-dealkylation sites (tertiary alicyclic amines) is 1. The van der Waals surface area contributed by atoms with Crippen molar-refractivity contribution in [1.29, 1.82) is 0 Å². The number of phenolic OH excluding ortho intramolecular Hbond substituents is 2. The molecule has 1 aliphatic heterocycles. The molecule has 0 aliphatic carbocycles. The summed E-state index contributed by atoms with van der Waals surface area (Å²) in [5.74, 6) is -1.09. The summed E-state index contributed by atoms with van der Waals surface area (Å²) in [6.07, 6.45) is 1.71. The number of ether oxygens (including phenoxy) is 1. The minimum Gasteiger partial charge on any atom is -0.508 e. The Kier molecular flexibility index (Phi) is 6.64. The molecule has 7 heteroatoms. The molecule has 1 aliphatic rings. The van der Waals surface area contributed by atoms with E-state index in [0.29, 0.717) is 24.9 Å². The summed E-state index contributed by atoms with van der Waals surface area (Å²) in [5, 5.41) is 28.8. The van der Waals surface area contributed by atoms with Crippen molar-refractivity contribution in [1.82, 2.24) is 4.90 Å². The van der Waals surface area contributed by atoms with Gasteiger partial charge in [-0.15, -0.1) is 0 Å². The number of hydrogen-bond acceptors (Lipinski definition) is 6. The Morgan fingerprint density at radius 3 is 2.76 bits per heavy atom. The van der Waals surface area contributed by atoms with E-state index in [1.807, 2.05) is 0 Å². The monoisotopic (exact) mass is 351 g/mol. The summed E-state index contributed by atoms with van der Waals surface area (Å²) in [7, 11) is 0. The van der Waals surface area contributed by atoms with Crippen LogP contribution in [0.3, 0.4) is 0 Å². The van der Waals surface area contributed by atoms with Gasteiger partial charge in [0.15, 0.2) is 0 Å². The molecule has 7 nitrogen and oxygen atoms in total. The van der Waals surface area contributed by atoms with E-state index in [2.05, 4.69) is 0 Å². The summed E-state index contributed by atoms with van der Waals surface area (Å²) in [4.78, 5) is 26.1. The molecule has 2 unspecified atom stereocenters. The Morgan fingerprint density at radius 2 is 2.12 bits per heavy atom. The summed E-state index contributed by atoms with van der Waals surface area (Å²) in [6, 6.07) is 3.69. The van der Waals surface area contributed by atoms with Gasteiger partial charge < -0.3 is 25.0 Å². The normalized spacial score (nSPS) is 18.2.